The second-order valence-corrected chi connectivity index (χ2v) is 4.89. The van der Waals surface area contributed by atoms with Gasteiger partial charge in [0.2, 0.25) is 0 Å². The molecule has 1 aromatic rings. The minimum Gasteiger partial charge on any atom is -0.396 e. The Morgan fingerprint density at radius 2 is 1.94 bits per heavy atom. The van der Waals surface area contributed by atoms with Crippen molar-refractivity contribution in [2.24, 2.45) is 11.8 Å². The molecule has 0 radical (unpaired) electrons. The fourth-order valence-electron chi connectivity index (χ4n) is 1.76. The fraction of sp³-hybridized carbons (Fsp3) is 0.571. The summed E-state index contributed by atoms with van der Waals surface area (Å²) in [6.45, 7) is 9.57. The van der Waals surface area contributed by atoms with Gasteiger partial charge in [0, 0.05) is 24.8 Å². The number of aliphatic hydroxyl groups is 1. The molecule has 2 nitrogen and oxygen atoms in total. The van der Waals surface area contributed by atoms with E-state index in [1.165, 1.54) is 16.8 Å². The standard InChI is InChI=1S/C14H23NO/c1-10(2)13(9-16)8-15-14-6-5-11(3)7-12(14)4/h5-7,10,13,15-16H,8-9H2,1-4H3. The highest BCUT2D eigenvalue weighted by atomic mass is 16.3. The molecule has 0 fully saturated rings. The van der Waals surface area contributed by atoms with Crippen LogP contribution >= 0.6 is 0 Å². The molecular formula is C14H23NO. The van der Waals surface area contributed by atoms with E-state index in [0.29, 0.717) is 11.8 Å². The highest BCUT2D eigenvalue weighted by molar-refractivity contribution is 5.51. The van der Waals surface area contributed by atoms with Gasteiger partial charge in [-0.2, -0.15) is 0 Å². The largest absolute Gasteiger partial charge is 0.396 e. The van der Waals surface area contributed by atoms with Crippen molar-refractivity contribution in [1.82, 2.24) is 0 Å². The molecule has 0 aliphatic carbocycles. The van der Waals surface area contributed by atoms with Crippen LogP contribution in [0.15, 0.2) is 18.2 Å². The van der Waals surface area contributed by atoms with Crippen LogP contribution in [0.25, 0.3) is 0 Å². The Bertz CT molecular complexity index is 334. The van der Waals surface area contributed by atoms with E-state index in [1.807, 2.05) is 0 Å². The summed E-state index contributed by atoms with van der Waals surface area (Å²) in [5.74, 6) is 0.823. The van der Waals surface area contributed by atoms with E-state index in [4.69, 9.17) is 0 Å². The molecule has 16 heavy (non-hydrogen) atoms. The van der Waals surface area contributed by atoms with Crippen LogP contribution in [0.1, 0.15) is 25.0 Å². The number of anilines is 1. The van der Waals surface area contributed by atoms with Crippen LogP contribution < -0.4 is 5.32 Å². The summed E-state index contributed by atoms with van der Waals surface area (Å²) in [6.07, 6.45) is 0. The Morgan fingerprint density at radius 3 is 2.44 bits per heavy atom. The lowest BCUT2D eigenvalue weighted by molar-refractivity contribution is 0.198. The summed E-state index contributed by atoms with van der Waals surface area (Å²) >= 11 is 0. The molecule has 90 valence electrons. The van der Waals surface area contributed by atoms with Crippen LogP contribution in [0.5, 0.6) is 0 Å². The summed E-state index contributed by atoms with van der Waals surface area (Å²) in [5, 5.41) is 12.7. The monoisotopic (exact) mass is 221 g/mol. The Balaban J connectivity index is 2.60. The van der Waals surface area contributed by atoms with E-state index in [9.17, 15) is 5.11 Å². The molecule has 1 unspecified atom stereocenters. The number of rotatable bonds is 5. The average Bonchev–Trinajstić information content (AvgIpc) is 2.21. The van der Waals surface area contributed by atoms with Crippen molar-refractivity contribution in [3.8, 4) is 0 Å². The second kappa shape index (κ2) is 5.90. The molecule has 2 heteroatoms. The summed E-state index contributed by atoms with van der Waals surface area (Å²) < 4.78 is 0. The number of nitrogens with one attached hydrogen (secondary N) is 1. The fourth-order valence-corrected chi connectivity index (χ4v) is 1.76. The zero-order valence-electron chi connectivity index (χ0n) is 10.7. The van der Waals surface area contributed by atoms with Crippen molar-refractivity contribution in [3.63, 3.8) is 0 Å². The van der Waals surface area contributed by atoms with E-state index in [0.717, 1.165) is 6.54 Å². The average molecular weight is 221 g/mol. The van der Waals surface area contributed by atoms with Crippen molar-refractivity contribution < 1.29 is 5.11 Å². The maximum atomic E-state index is 9.25. The highest BCUT2D eigenvalue weighted by Gasteiger charge is 2.11. The van der Waals surface area contributed by atoms with Gasteiger partial charge in [-0.25, -0.2) is 0 Å². The third-order valence-electron chi connectivity index (χ3n) is 3.11. The Labute approximate surface area is 98.7 Å². The predicted molar refractivity (Wildman–Crippen MR) is 69.8 cm³/mol. The van der Waals surface area contributed by atoms with E-state index in [1.54, 1.807) is 0 Å². The minimum atomic E-state index is 0.246. The van der Waals surface area contributed by atoms with Gasteiger partial charge >= 0.3 is 0 Å². The maximum Gasteiger partial charge on any atom is 0.0478 e. The molecule has 0 saturated heterocycles. The van der Waals surface area contributed by atoms with Crippen LogP contribution in [0, 0.1) is 25.7 Å². The zero-order valence-corrected chi connectivity index (χ0v) is 10.7. The van der Waals surface area contributed by atoms with Crippen LogP contribution in [-0.2, 0) is 0 Å². The third-order valence-corrected chi connectivity index (χ3v) is 3.11. The molecule has 0 aliphatic rings. The van der Waals surface area contributed by atoms with Gasteiger partial charge in [-0.05, 0) is 31.4 Å². The molecule has 1 atom stereocenters. The van der Waals surface area contributed by atoms with Gasteiger partial charge in [0.15, 0.2) is 0 Å². The highest BCUT2D eigenvalue weighted by Crippen LogP contribution is 2.18. The van der Waals surface area contributed by atoms with Crippen LogP contribution in [0.4, 0.5) is 5.69 Å². The summed E-state index contributed by atoms with van der Waals surface area (Å²) in [6, 6.07) is 6.39. The van der Waals surface area contributed by atoms with Gasteiger partial charge in [0.25, 0.3) is 0 Å². The first kappa shape index (κ1) is 13.0. The molecule has 0 aromatic heterocycles. The first-order valence-corrected chi connectivity index (χ1v) is 5.96. The van der Waals surface area contributed by atoms with Gasteiger partial charge in [-0.15, -0.1) is 0 Å². The van der Waals surface area contributed by atoms with E-state index in [2.05, 4.69) is 51.2 Å². The number of benzene rings is 1. The van der Waals surface area contributed by atoms with Crippen LogP contribution in [0.2, 0.25) is 0 Å². The van der Waals surface area contributed by atoms with Crippen molar-refractivity contribution in [2.75, 3.05) is 18.5 Å². The third kappa shape index (κ3) is 3.53. The summed E-state index contributed by atoms with van der Waals surface area (Å²) in [5.41, 5.74) is 3.72. The van der Waals surface area contributed by atoms with Crippen LogP contribution in [0.3, 0.4) is 0 Å². The van der Waals surface area contributed by atoms with Crippen molar-refractivity contribution in [3.05, 3.63) is 29.3 Å². The molecule has 0 spiro atoms. The van der Waals surface area contributed by atoms with E-state index >= 15 is 0 Å². The Kier molecular flexibility index (Phi) is 4.81. The molecule has 0 heterocycles. The second-order valence-electron chi connectivity index (χ2n) is 4.89. The molecule has 1 aromatic carbocycles. The van der Waals surface area contributed by atoms with Crippen LogP contribution in [-0.4, -0.2) is 18.3 Å². The lowest BCUT2D eigenvalue weighted by Crippen LogP contribution is -2.23. The first-order valence-electron chi connectivity index (χ1n) is 5.96. The maximum absolute atomic E-state index is 9.25. The molecular weight excluding hydrogens is 198 g/mol. The van der Waals surface area contributed by atoms with Gasteiger partial charge in [0.1, 0.15) is 0 Å². The lowest BCUT2D eigenvalue weighted by Gasteiger charge is -2.20. The smallest absolute Gasteiger partial charge is 0.0478 e. The Morgan fingerprint density at radius 1 is 1.25 bits per heavy atom. The number of aliphatic hydroxyl groups excluding tert-OH is 1. The van der Waals surface area contributed by atoms with Gasteiger partial charge < -0.3 is 10.4 Å². The first-order chi connectivity index (χ1) is 7.54. The van der Waals surface area contributed by atoms with Crippen molar-refractivity contribution in [1.29, 1.82) is 0 Å². The number of hydrogen-bond acceptors (Lipinski definition) is 2. The number of hydrogen-bond donors (Lipinski definition) is 2. The molecule has 0 amide bonds. The zero-order chi connectivity index (χ0) is 12.1. The van der Waals surface area contributed by atoms with Gasteiger partial charge in [0.05, 0.1) is 0 Å². The van der Waals surface area contributed by atoms with Crippen molar-refractivity contribution in [2.45, 2.75) is 27.7 Å². The topological polar surface area (TPSA) is 32.3 Å². The predicted octanol–water partition coefficient (Wildman–Crippen LogP) is 2.98. The SMILES string of the molecule is Cc1ccc(NCC(CO)C(C)C)c(C)c1. The normalized spacial score (nSPS) is 12.9. The molecule has 0 aliphatic heterocycles. The van der Waals surface area contributed by atoms with Crippen molar-refractivity contribution >= 4 is 5.69 Å². The quantitative estimate of drug-likeness (QED) is 0.801. The van der Waals surface area contributed by atoms with E-state index in [-0.39, 0.29) is 6.61 Å². The lowest BCUT2D eigenvalue weighted by atomic mass is 9.96. The summed E-state index contributed by atoms with van der Waals surface area (Å²) in [4.78, 5) is 0. The minimum absolute atomic E-state index is 0.246. The molecule has 0 saturated carbocycles. The molecule has 1 rings (SSSR count). The molecule has 0 bridgehead atoms. The molecule has 2 N–H and O–H groups in total. The van der Waals surface area contributed by atoms with Gasteiger partial charge in [-0.1, -0.05) is 31.5 Å². The number of aryl methyl sites for hydroxylation is 2. The Hall–Kier alpha value is -1.02. The van der Waals surface area contributed by atoms with Gasteiger partial charge in [-0.3, -0.25) is 0 Å². The van der Waals surface area contributed by atoms with E-state index < -0.39 is 0 Å². The summed E-state index contributed by atoms with van der Waals surface area (Å²) in [7, 11) is 0.